The summed E-state index contributed by atoms with van der Waals surface area (Å²) in [5.41, 5.74) is 14.1. The molecule has 0 saturated heterocycles. The van der Waals surface area contributed by atoms with Crippen molar-refractivity contribution in [2.45, 2.75) is 18.4 Å². The topological polar surface area (TPSA) is 113 Å². The first-order chi connectivity index (χ1) is 12.9. The van der Waals surface area contributed by atoms with E-state index in [1.54, 1.807) is 18.2 Å². The number of amidine groups is 2. The van der Waals surface area contributed by atoms with Crippen LogP contribution in [0.3, 0.4) is 0 Å². The van der Waals surface area contributed by atoms with Gasteiger partial charge in [0.25, 0.3) is 0 Å². The summed E-state index contributed by atoms with van der Waals surface area (Å²) in [6, 6.07) is 13.0. The molecule has 0 fully saturated rings. The van der Waals surface area contributed by atoms with Gasteiger partial charge in [-0.15, -0.1) is 24.8 Å². The van der Waals surface area contributed by atoms with Crippen LogP contribution in [0.5, 0.6) is 0 Å². The minimum Gasteiger partial charge on any atom is -0.385 e. The van der Waals surface area contributed by atoms with Crippen LogP contribution in [0, 0.1) is 5.41 Å². The van der Waals surface area contributed by atoms with E-state index in [-0.39, 0.29) is 42.4 Å². The van der Waals surface area contributed by atoms with Crippen molar-refractivity contribution in [2.75, 3.05) is 0 Å². The van der Waals surface area contributed by atoms with E-state index in [0.717, 1.165) is 24.1 Å². The van der Waals surface area contributed by atoms with Gasteiger partial charge >= 0.3 is 0 Å². The standard InChI is InChI=1S/C19H16Cl2N6.2ClH/c20-12-7-11(8-13(21)9-12)19(16(22)23)17(26-18(24)27-19)25-15-6-5-10-3-1-2-4-14(10)15;;/h1-4,7-9H,5-6H2,(H3,22,23)(H2,24,27);2*1H. The molecule has 2 aromatic rings. The van der Waals surface area contributed by atoms with Crippen molar-refractivity contribution in [3.63, 3.8) is 0 Å². The summed E-state index contributed by atoms with van der Waals surface area (Å²) < 4.78 is 0. The molecule has 0 radical (unpaired) electrons. The summed E-state index contributed by atoms with van der Waals surface area (Å²) in [4.78, 5) is 13.4. The van der Waals surface area contributed by atoms with E-state index in [1.165, 1.54) is 5.56 Å². The van der Waals surface area contributed by atoms with E-state index in [2.05, 4.69) is 16.1 Å². The number of benzene rings is 2. The van der Waals surface area contributed by atoms with Crippen LogP contribution in [0.4, 0.5) is 0 Å². The first-order valence-electron chi connectivity index (χ1n) is 8.31. The number of hydrogen-bond donors (Lipinski definition) is 3. The summed E-state index contributed by atoms with van der Waals surface area (Å²) in [5, 5.41) is 9.04. The van der Waals surface area contributed by atoms with Crippen LogP contribution in [-0.4, -0.2) is 23.3 Å². The Morgan fingerprint density at radius 3 is 2.38 bits per heavy atom. The molecule has 0 bridgehead atoms. The molecule has 29 heavy (non-hydrogen) atoms. The third-order valence-corrected chi connectivity index (χ3v) is 5.13. The average Bonchev–Trinajstić information content (AvgIpc) is 3.16. The monoisotopic (exact) mass is 470 g/mol. The average molecular weight is 472 g/mol. The van der Waals surface area contributed by atoms with Crippen molar-refractivity contribution >= 4 is 71.4 Å². The van der Waals surface area contributed by atoms with Gasteiger partial charge in [0.15, 0.2) is 5.84 Å². The fourth-order valence-electron chi connectivity index (χ4n) is 3.49. The number of hydrogen-bond acceptors (Lipinski definition) is 5. The fourth-order valence-corrected chi connectivity index (χ4v) is 4.01. The zero-order valence-electron chi connectivity index (χ0n) is 15.0. The van der Waals surface area contributed by atoms with Crippen LogP contribution >= 0.6 is 48.0 Å². The van der Waals surface area contributed by atoms with Crippen molar-refractivity contribution in [1.82, 2.24) is 0 Å². The van der Waals surface area contributed by atoms with E-state index in [9.17, 15) is 0 Å². The molecule has 0 aromatic heterocycles. The highest BCUT2D eigenvalue weighted by Crippen LogP contribution is 2.36. The number of aryl methyl sites for hydroxylation is 1. The molecule has 5 N–H and O–H groups in total. The molecule has 1 unspecified atom stereocenters. The second kappa shape index (κ2) is 8.71. The Kier molecular flexibility index (Phi) is 6.96. The van der Waals surface area contributed by atoms with Crippen molar-refractivity contribution in [3.8, 4) is 0 Å². The van der Waals surface area contributed by atoms with Gasteiger partial charge in [-0.05, 0) is 47.7 Å². The van der Waals surface area contributed by atoms with E-state index in [1.807, 2.05) is 18.2 Å². The maximum Gasteiger partial charge on any atom is 0.219 e. The smallest absolute Gasteiger partial charge is 0.219 e. The third kappa shape index (κ3) is 3.98. The molecule has 4 rings (SSSR count). The Balaban J connectivity index is 0.00000150. The molecular formula is C19H18Cl4N6. The van der Waals surface area contributed by atoms with E-state index < -0.39 is 5.54 Å². The first-order valence-corrected chi connectivity index (χ1v) is 9.07. The zero-order valence-corrected chi connectivity index (χ0v) is 18.2. The van der Waals surface area contributed by atoms with Crippen LogP contribution in [0.1, 0.15) is 23.1 Å². The van der Waals surface area contributed by atoms with Crippen LogP contribution in [0.15, 0.2) is 57.4 Å². The van der Waals surface area contributed by atoms with E-state index in [0.29, 0.717) is 15.6 Å². The predicted octanol–water partition coefficient (Wildman–Crippen LogP) is 4.13. The minimum atomic E-state index is -1.44. The van der Waals surface area contributed by atoms with E-state index in [4.69, 9.17) is 45.1 Å². The lowest BCUT2D eigenvalue weighted by atomic mass is 9.88. The normalized spacial score (nSPS) is 21.0. The van der Waals surface area contributed by atoms with Gasteiger partial charge in [0.05, 0.1) is 5.71 Å². The molecule has 0 saturated carbocycles. The SMILES string of the molecule is Cl.Cl.N=C(N)C1(c2cc(Cl)cc(Cl)c2)N=C(N)N=C1N=C1CCc2ccccc21. The van der Waals surface area contributed by atoms with Crippen LogP contribution in [0.25, 0.3) is 0 Å². The number of guanidine groups is 1. The first kappa shape index (κ1) is 23.2. The molecule has 0 amide bonds. The van der Waals surface area contributed by atoms with Crippen molar-refractivity contribution in [3.05, 3.63) is 69.2 Å². The number of nitrogens with two attached hydrogens (primary N) is 2. The summed E-state index contributed by atoms with van der Waals surface area (Å²) in [6.45, 7) is 0. The number of aliphatic imine (C=N–C) groups is 3. The van der Waals surface area contributed by atoms with Gasteiger partial charge in [-0.1, -0.05) is 47.5 Å². The molecule has 6 nitrogen and oxygen atoms in total. The number of nitrogens with one attached hydrogen (secondary N) is 1. The van der Waals surface area contributed by atoms with Crippen molar-refractivity contribution < 1.29 is 0 Å². The molecule has 0 spiro atoms. The lowest BCUT2D eigenvalue weighted by Gasteiger charge is -2.25. The van der Waals surface area contributed by atoms with Crippen molar-refractivity contribution in [2.24, 2.45) is 26.4 Å². The van der Waals surface area contributed by atoms with Gasteiger partial charge in [0, 0.05) is 10.0 Å². The van der Waals surface area contributed by atoms with Gasteiger partial charge in [-0.25, -0.2) is 9.98 Å². The van der Waals surface area contributed by atoms with Gasteiger partial charge in [-0.3, -0.25) is 5.41 Å². The molecule has 152 valence electrons. The highest BCUT2D eigenvalue weighted by molar-refractivity contribution is 6.35. The zero-order chi connectivity index (χ0) is 19.2. The fraction of sp³-hybridized carbons (Fsp3) is 0.158. The number of fused-ring (bicyclic) bond motifs is 1. The molecule has 1 aliphatic heterocycles. The molecular weight excluding hydrogens is 454 g/mol. The van der Waals surface area contributed by atoms with Gasteiger partial charge in [-0.2, -0.15) is 4.99 Å². The Bertz CT molecular complexity index is 1040. The largest absolute Gasteiger partial charge is 0.385 e. The molecule has 10 heteroatoms. The maximum absolute atomic E-state index is 8.24. The van der Waals surface area contributed by atoms with Gasteiger partial charge in [0.1, 0.15) is 5.84 Å². The Morgan fingerprint density at radius 2 is 1.72 bits per heavy atom. The van der Waals surface area contributed by atoms with Gasteiger partial charge < -0.3 is 11.5 Å². The molecule has 2 aliphatic rings. The quantitative estimate of drug-likeness (QED) is 0.451. The Hall–Kier alpha value is -2.12. The Labute approximate surface area is 190 Å². The number of nitrogens with zero attached hydrogens (tertiary/aromatic N) is 3. The van der Waals surface area contributed by atoms with Crippen molar-refractivity contribution in [1.29, 1.82) is 5.41 Å². The highest BCUT2D eigenvalue weighted by Gasteiger charge is 2.46. The summed E-state index contributed by atoms with van der Waals surface area (Å²) in [7, 11) is 0. The van der Waals surface area contributed by atoms with Crippen LogP contribution in [0.2, 0.25) is 10.0 Å². The van der Waals surface area contributed by atoms with Gasteiger partial charge in [0.2, 0.25) is 11.5 Å². The Morgan fingerprint density at radius 1 is 1.07 bits per heavy atom. The third-order valence-electron chi connectivity index (χ3n) is 4.70. The van der Waals surface area contributed by atoms with E-state index >= 15 is 0 Å². The number of rotatable bonds is 2. The summed E-state index contributed by atoms with van der Waals surface area (Å²) in [6.07, 6.45) is 1.66. The minimum absolute atomic E-state index is 0. The molecule has 1 aliphatic carbocycles. The highest BCUT2D eigenvalue weighted by atomic mass is 35.5. The predicted molar refractivity (Wildman–Crippen MR) is 125 cm³/mol. The van der Waals surface area contributed by atoms with Crippen LogP contribution in [-0.2, 0) is 12.0 Å². The lowest BCUT2D eigenvalue weighted by Crippen LogP contribution is -2.44. The second-order valence-electron chi connectivity index (χ2n) is 6.40. The van der Waals surface area contributed by atoms with Crippen LogP contribution < -0.4 is 11.5 Å². The molecule has 2 aromatic carbocycles. The second-order valence-corrected chi connectivity index (χ2v) is 7.28. The lowest BCUT2D eigenvalue weighted by molar-refractivity contribution is 0.805. The summed E-state index contributed by atoms with van der Waals surface area (Å²) >= 11 is 12.3. The number of halogens is 4. The molecule has 1 atom stereocenters. The summed E-state index contributed by atoms with van der Waals surface area (Å²) in [5.74, 6) is 0.000122. The maximum atomic E-state index is 8.24. The molecule has 1 heterocycles.